The number of methoxy groups -OCH3 is 1. The van der Waals surface area contributed by atoms with Gasteiger partial charge in [-0.1, -0.05) is 18.1 Å². The molecule has 34 heavy (non-hydrogen) atoms. The van der Waals surface area contributed by atoms with Crippen LogP contribution < -0.4 is 10.1 Å². The maximum absolute atomic E-state index is 12.5. The average molecular weight is 473 g/mol. The largest absolute Gasteiger partial charge is 0.496 e. The predicted octanol–water partition coefficient (Wildman–Crippen LogP) is 4.79. The molecular weight excluding hydrogens is 432 g/mol. The molecule has 2 aliphatic heterocycles. The highest BCUT2D eigenvalue weighted by Crippen LogP contribution is 2.41. The lowest BCUT2D eigenvalue weighted by Gasteiger charge is -2.25. The Balaban J connectivity index is 1.63. The van der Waals surface area contributed by atoms with Crippen molar-refractivity contribution in [3.63, 3.8) is 0 Å². The fourth-order valence-corrected chi connectivity index (χ4v) is 4.72. The highest BCUT2D eigenvalue weighted by molar-refractivity contribution is 6.01. The lowest BCUT2D eigenvalue weighted by atomic mass is 9.93. The standard InChI is InChI=1S/C27H40N2O5/c1-18(2)28-25-21(26(32-5)20(4)22-17-34-27(31)24(22)25)11-9-19(3)10-12-23(30)33-16-15-29-13-7-6-8-14-29/h9,18,28H,6-8,10-17H2,1-5H3. The van der Waals surface area contributed by atoms with Crippen LogP contribution in [0.1, 0.15) is 79.9 Å². The summed E-state index contributed by atoms with van der Waals surface area (Å²) in [7, 11) is 1.66. The van der Waals surface area contributed by atoms with E-state index in [0.717, 1.165) is 53.3 Å². The van der Waals surface area contributed by atoms with Crippen LogP contribution in [0.25, 0.3) is 0 Å². The molecule has 7 nitrogen and oxygen atoms in total. The zero-order chi connectivity index (χ0) is 24.7. The monoisotopic (exact) mass is 472 g/mol. The first-order valence-corrected chi connectivity index (χ1v) is 12.5. The molecule has 1 N–H and O–H groups in total. The van der Waals surface area contributed by atoms with E-state index in [9.17, 15) is 9.59 Å². The molecule has 0 spiro atoms. The summed E-state index contributed by atoms with van der Waals surface area (Å²) in [6, 6.07) is 0.147. The first kappa shape index (κ1) is 26.1. The van der Waals surface area contributed by atoms with E-state index in [4.69, 9.17) is 14.2 Å². The molecule has 0 unspecified atom stereocenters. The zero-order valence-corrected chi connectivity index (χ0v) is 21.4. The predicted molar refractivity (Wildman–Crippen MR) is 134 cm³/mol. The Morgan fingerprint density at radius 2 is 1.94 bits per heavy atom. The molecule has 2 heterocycles. The van der Waals surface area contributed by atoms with E-state index in [1.54, 1.807) is 7.11 Å². The van der Waals surface area contributed by atoms with Crippen LogP contribution in [0.3, 0.4) is 0 Å². The molecule has 0 atom stereocenters. The number of esters is 2. The molecule has 2 aliphatic rings. The third-order valence-corrected chi connectivity index (χ3v) is 6.61. The van der Waals surface area contributed by atoms with Crippen LogP contribution in [0, 0.1) is 6.92 Å². The van der Waals surface area contributed by atoms with E-state index in [2.05, 4.69) is 16.3 Å². The minimum absolute atomic E-state index is 0.147. The topological polar surface area (TPSA) is 77.1 Å². The summed E-state index contributed by atoms with van der Waals surface area (Å²) in [5.74, 6) is 0.333. The second kappa shape index (κ2) is 12.2. The van der Waals surface area contributed by atoms with Crippen LogP contribution in [0.2, 0.25) is 0 Å². The maximum Gasteiger partial charge on any atom is 0.341 e. The van der Waals surface area contributed by atoms with Crippen molar-refractivity contribution in [2.75, 3.05) is 38.7 Å². The molecule has 0 radical (unpaired) electrons. The fraction of sp³-hybridized carbons (Fsp3) is 0.630. The average Bonchev–Trinajstić information content (AvgIpc) is 3.20. The van der Waals surface area contributed by atoms with Crippen molar-refractivity contribution >= 4 is 17.6 Å². The van der Waals surface area contributed by atoms with Gasteiger partial charge in [0.15, 0.2) is 0 Å². The Hall–Kier alpha value is -2.54. The maximum atomic E-state index is 12.5. The Labute approximate surface area is 203 Å². The number of carbonyl (C=O) groups excluding carboxylic acids is 2. The number of likely N-dealkylation sites (tertiary alicyclic amines) is 1. The fourth-order valence-electron chi connectivity index (χ4n) is 4.72. The van der Waals surface area contributed by atoms with Crippen molar-refractivity contribution in [3.05, 3.63) is 33.9 Å². The molecule has 0 saturated carbocycles. The number of hydrogen-bond acceptors (Lipinski definition) is 7. The van der Waals surface area contributed by atoms with Gasteiger partial charge in [0.05, 0.1) is 18.4 Å². The Bertz CT molecular complexity index is 916. The molecule has 188 valence electrons. The van der Waals surface area contributed by atoms with Gasteiger partial charge in [0, 0.05) is 30.1 Å². The van der Waals surface area contributed by atoms with Crippen molar-refractivity contribution < 1.29 is 23.8 Å². The van der Waals surface area contributed by atoms with E-state index in [-0.39, 0.29) is 24.6 Å². The van der Waals surface area contributed by atoms with Gasteiger partial charge in [-0.05, 0) is 72.0 Å². The summed E-state index contributed by atoms with van der Waals surface area (Å²) in [6.45, 7) is 11.9. The van der Waals surface area contributed by atoms with E-state index in [1.807, 2.05) is 27.7 Å². The Morgan fingerprint density at radius 3 is 2.62 bits per heavy atom. The molecule has 0 aliphatic carbocycles. The number of rotatable bonds is 11. The molecule has 1 aromatic rings. The summed E-state index contributed by atoms with van der Waals surface area (Å²) in [6.07, 6.45) is 7.49. The van der Waals surface area contributed by atoms with Crippen molar-refractivity contribution in [1.82, 2.24) is 4.90 Å². The highest BCUT2D eigenvalue weighted by atomic mass is 16.5. The van der Waals surface area contributed by atoms with Gasteiger partial charge in [0.1, 0.15) is 19.0 Å². The van der Waals surface area contributed by atoms with Crippen LogP contribution in [-0.2, 0) is 27.3 Å². The zero-order valence-electron chi connectivity index (χ0n) is 21.4. The van der Waals surface area contributed by atoms with Gasteiger partial charge in [-0.25, -0.2) is 4.79 Å². The number of fused-ring (bicyclic) bond motifs is 1. The number of hydrogen-bond donors (Lipinski definition) is 1. The molecule has 1 fully saturated rings. The molecular formula is C27H40N2O5. The number of allylic oxidation sites excluding steroid dienone is 2. The molecule has 3 rings (SSSR count). The van der Waals surface area contributed by atoms with Crippen LogP contribution in [0.5, 0.6) is 5.75 Å². The molecule has 1 saturated heterocycles. The van der Waals surface area contributed by atoms with E-state index < -0.39 is 0 Å². The van der Waals surface area contributed by atoms with Gasteiger partial charge < -0.3 is 19.5 Å². The lowest BCUT2D eigenvalue weighted by molar-refractivity contribution is -0.144. The summed E-state index contributed by atoms with van der Waals surface area (Å²) in [5, 5.41) is 3.44. The van der Waals surface area contributed by atoms with Crippen LogP contribution in [0.15, 0.2) is 11.6 Å². The summed E-state index contributed by atoms with van der Waals surface area (Å²) < 4.78 is 16.6. The quantitative estimate of drug-likeness (QED) is 0.366. The molecule has 1 aromatic carbocycles. The van der Waals surface area contributed by atoms with Crippen LogP contribution in [0.4, 0.5) is 5.69 Å². The Morgan fingerprint density at radius 1 is 1.21 bits per heavy atom. The second-order valence-corrected chi connectivity index (χ2v) is 9.62. The van der Waals surface area contributed by atoms with Crippen LogP contribution >= 0.6 is 0 Å². The number of nitrogens with zero attached hydrogens (tertiary/aromatic N) is 1. The first-order valence-electron chi connectivity index (χ1n) is 12.5. The minimum atomic E-state index is -0.293. The molecule has 7 heteroatoms. The van der Waals surface area contributed by atoms with Gasteiger partial charge in [-0.15, -0.1) is 0 Å². The van der Waals surface area contributed by atoms with Gasteiger partial charge in [-0.3, -0.25) is 9.69 Å². The second-order valence-electron chi connectivity index (χ2n) is 9.62. The van der Waals surface area contributed by atoms with Crippen molar-refractivity contribution in [1.29, 1.82) is 0 Å². The lowest BCUT2D eigenvalue weighted by Crippen LogP contribution is -2.33. The van der Waals surface area contributed by atoms with Gasteiger partial charge in [-0.2, -0.15) is 0 Å². The SMILES string of the molecule is COc1c(C)c2c(c(NC(C)C)c1CC=C(C)CCC(=O)OCCN1CCCCC1)C(=O)OC2. The third-order valence-electron chi connectivity index (χ3n) is 6.61. The normalized spacial score (nSPS) is 16.4. The number of piperidine rings is 1. The van der Waals surface area contributed by atoms with Gasteiger partial charge >= 0.3 is 11.9 Å². The number of nitrogens with one attached hydrogen (secondary N) is 1. The van der Waals surface area contributed by atoms with Crippen LogP contribution in [-0.4, -0.2) is 56.2 Å². The smallest absolute Gasteiger partial charge is 0.341 e. The van der Waals surface area contributed by atoms with Gasteiger partial charge in [0.25, 0.3) is 0 Å². The summed E-state index contributed by atoms with van der Waals surface area (Å²) in [4.78, 5) is 27.1. The molecule has 0 amide bonds. The Kier molecular flexibility index (Phi) is 9.39. The van der Waals surface area contributed by atoms with E-state index in [0.29, 0.717) is 31.4 Å². The molecule has 0 aromatic heterocycles. The van der Waals surface area contributed by atoms with E-state index in [1.165, 1.54) is 19.3 Å². The first-order chi connectivity index (χ1) is 16.3. The summed E-state index contributed by atoms with van der Waals surface area (Å²) >= 11 is 0. The number of benzene rings is 1. The van der Waals surface area contributed by atoms with Gasteiger partial charge in [0.2, 0.25) is 0 Å². The number of carbonyl (C=O) groups is 2. The van der Waals surface area contributed by atoms with Crippen molar-refractivity contribution in [2.24, 2.45) is 0 Å². The number of cyclic esters (lactones) is 1. The van der Waals surface area contributed by atoms with Crippen molar-refractivity contribution in [2.45, 2.75) is 78.9 Å². The minimum Gasteiger partial charge on any atom is -0.496 e. The number of ether oxygens (including phenoxy) is 3. The number of anilines is 1. The van der Waals surface area contributed by atoms with Crippen molar-refractivity contribution in [3.8, 4) is 5.75 Å². The third kappa shape index (κ3) is 6.53. The highest BCUT2D eigenvalue weighted by Gasteiger charge is 2.32. The summed E-state index contributed by atoms with van der Waals surface area (Å²) in [5.41, 5.74) is 5.28. The van der Waals surface area contributed by atoms with E-state index >= 15 is 0 Å². The molecule has 0 bridgehead atoms.